The molecular formula is C25H36N4O2. The Balaban J connectivity index is 1.36. The SMILES string of the molecule is CC1CCCN(C(=O)C2CCCN(Cc3nc(-c4ccc(C(C)(C)C)cc4)no3)C2)C1. The number of nitrogens with zero attached hydrogens (tertiary/aromatic N) is 4. The van der Waals surface area contributed by atoms with E-state index in [1.165, 1.54) is 12.0 Å². The van der Waals surface area contributed by atoms with Crippen LogP contribution in [0.2, 0.25) is 0 Å². The number of piperidine rings is 2. The molecule has 2 atom stereocenters. The molecule has 3 heterocycles. The quantitative estimate of drug-likeness (QED) is 0.723. The zero-order valence-electron chi connectivity index (χ0n) is 19.4. The number of benzene rings is 1. The van der Waals surface area contributed by atoms with E-state index in [0.717, 1.165) is 51.0 Å². The largest absolute Gasteiger partial charge is 0.342 e. The average Bonchev–Trinajstić information content (AvgIpc) is 3.21. The second-order valence-electron chi connectivity index (χ2n) is 10.4. The van der Waals surface area contributed by atoms with Crippen LogP contribution < -0.4 is 0 Å². The van der Waals surface area contributed by atoms with E-state index in [1.54, 1.807) is 0 Å². The number of rotatable bonds is 4. The van der Waals surface area contributed by atoms with Crippen molar-refractivity contribution in [3.63, 3.8) is 0 Å². The summed E-state index contributed by atoms with van der Waals surface area (Å²) in [7, 11) is 0. The summed E-state index contributed by atoms with van der Waals surface area (Å²) in [4.78, 5) is 22.0. The smallest absolute Gasteiger partial charge is 0.241 e. The number of amides is 1. The van der Waals surface area contributed by atoms with Crippen LogP contribution in [-0.4, -0.2) is 52.0 Å². The summed E-state index contributed by atoms with van der Waals surface area (Å²) < 4.78 is 5.55. The highest BCUT2D eigenvalue weighted by molar-refractivity contribution is 5.79. The molecule has 2 aliphatic heterocycles. The first-order valence-corrected chi connectivity index (χ1v) is 11.7. The van der Waals surface area contributed by atoms with Gasteiger partial charge in [0.05, 0.1) is 12.5 Å². The van der Waals surface area contributed by atoms with Crippen molar-refractivity contribution in [3.05, 3.63) is 35.7 Å². The highest BCUT2D eigenvalue weighted by Gasteiger charge is 2.31. The molecular weight excluding hydrogens is 388 g/mol. The highest BCUT2D eigenvalue weighted by atomic mass is 16.5. The van der Waals surface area contributed by atoms with Crippen molar-refractivity contribution < 1.29 is 9.32 Å². The lowest BCUT2D eigenvalue weighted by Crippen LogP contribution is -2.47. The minimum Gasteiger partial charge on any atom is -0.342 e. The summed E-state index contributed by atoms with van der Waals surface area (Å²) >= 11 is 0. The Morgan fingerprint density at radius 1 is 1.10 bits per heavy atom. The first-order valence-electron chi connectivity index (χ1n) is 11.7. The van der Waals surface area contributed by atoms with Gasteiger partial charge in [0, 0.05) is 25.2 Å². The highest BCUT2D eigenvalue weighted by Crippen LogP contribution is 2.26. The van der Waals surface area contributed by atoms with Crippen molar-refractivity contribution in [1.29, 1.82) is 0 Å². The van der Waals surface area contributed by atoms with Gasteiger partial charge in [0.15, 0.2) is 0 Å². The van der Waals surface area contributed by atoms with Gasteiger partial charge in [-0.15, -0.1) is 0 Å². The van der Waals surface area contributed by atoms with Gasteiger partial charge in [0.2, 0.25) is 17.6 Å². The third kappa shape index (κ3) is 5.35. The summed E-state index contributed by atoms with van der Waals surface area (Å²) in [6.07, 6.45) is 4.38. The van der Waals surface area contributed by atoms with Gasteiger partial charge in [0.1, 0.15) is 0 Å². The lowest BCUT2D eigenvalue weighted by atomic mass is 9.87. The summed E-state index contributed by atoms with van der Waals surface area (Å²) in [5.74, 6) is 2.29. The van der Waals surface area contributed by atoms with Gasteiger partial charge in [-0.2, -0.15) is 4.98 Å². The van der Waals surface area contributed by atoms with E-state index in [0.29, 0.717) is 30.1 Å². The average molecular weight is 425 g/mol. The molecule has 168 valence electrons. The summed E-state index contributed by atoms with van der Waals surface area (Å²) in [5.41, 5.74) is 2.37. The van der Waals surface area contributed by atoms with Crippen molar-refractivity contribution in [1.82, 2.24) is 19.9 Å². The van der Waals surface area contributed by atoms with Crippen LogP contribution >= 0.6 is 0 Å². The Hall–Kier alpha value is -2.21. The molecule has 2 aliphatic rings. The number of carbonyl (C=O) groups excluding carboxylic acids is 1. The maximum absolute atomic E-state index is 13.0. The van der Waals surface area contributed by atoms with Crippen LogP contribution in [-0.2, 0) is 16.8 Å². The van der Waals surface area contributed by atoms with Crippen molar-refractivity contribution in [3.8, 4) is 11.4 Å². The first kappa shape index (κ1) is 22.0. The molecule has 1 aromatic carbocycles. The fraction of sp³-hybridized carbons (Fsp3) is 0.640. The van der Waals surface area contributed by atoms with Crippen LogP contribution in [0.25, 0.3) is 11.4 Å². The molecule has 0 bridgehead atoms. The van der Waals surface area contributed by atoms with E-state index in [-0.39, 0.29) is 11.3 Å². The Kier molecular flexibility index (Phi) is 6.47. The van der Waals surface area contributed by atoms with Gasteiger partial charge < -0.3 is 9.42 Å². The third-order valence-corrected chi connectivity index (χ3v) is 6.66. The van der Waals surface area contributed by atoms with Gasteiger partial charge in [-0.25, -0.2) is 0 Å². The molecule has 0 aliphatic carbocycles. The van der Waals surface area contributed by atoms with Gasteiger partial charge in [-0.05, 0) is 49.1 Å². The van der Waals surface area contributed by atoms with Crippen molar-refractivity contribution in [2.45, 2.75) is 65.3 Å². The molecule has 0 saturated carbocycles. The molecule has 31 heavy (non-hydrogen) atoms. The Morgan fingerprint density at radius 3 is 2.55 bits per heavy atom. The first-order chi connectivity index (χ1) is 14.8. The number of hydrogen-bond donors (Lipinski definition) is 0. The summed E-state index contributed by atoms with van der Waals surface area (Å²) in [5, 5.41) is 4.19. The van der Waals surface area contributed by atoms with Crippen molar-refractivity contribution >= 4 is 5.91 Å². The number of likely N-dealkylation sites (tertiary alicyclic amines) is 2. The molecule has 0 N–H and O–H groups in total. The molecule has 6 nitrogen and oxygen atoms in total. The van der Waals surface area contributed by atoms with Gasteiger partial charge in [-0.1, -0.05) is 57.1 Å². The minimum atomic E-state index is 0.0892. The zero-order valence-corrected chi connectivity index (χ0v) is 19.4. The van der Waals surface area contributed by atoms with E-state index in [2.05, 4.69) is 71.9 Å². The minimum absolute atomic E-state index is 0.0892. The summed E-state index contributed by atoms with van der Waals surface area (Å²) in [6.45, 7) is 13.0. The summed E-state index contributed by atoms with van der Waals surface area (Å²) in [6, 6.07) is 8.39. The van der Waals surface area contributed by atoms with Gasteiger partial charge in [0.25, 0.3) is 0 Å². The third-order valence-electron chi connectivity index (χ3n) is 6.66. The molecule has 6 heteroatoms. The van der Waals surface area contributed by atoms with Crippen LogP contribution in [0.3, 0.4) is 0 Å². The van der Waals surface area contributed by atoms with E-state index in [9.17, 15) is 4.79 Å². The van der Waals surface area contributed by atoms with E-state index >= 15 is 0 Å². The second kappa shape index (κ2) is 9.11. The molecule has 2 unspecified atom stereocenters. The molecule has 4 rings (SSSR count). The molecule has 2 saturated heterocycles. The molecule has 0 radical (unpaired) electrons. The monoisotopic (exact) mass is 424 g/mol. The van der Waals surface area contributed by atoms with Crippen LogP contribution in [0.4, 0.5) is 0 Å². The number of carbonyl (C=O) groups is 1. The molecule has 1 amide bonds. The zero-order chi connectivity index (χ0) is 22.0. The maximum Gasteiger partial charge on any atom is 0.241 e. The van der Waals surface area contributed by atoms with Crippen LogP contribution in [0, 0.1) is 11.8 Å². The van der Waals surface area contributed by atoms with Crippen LogP contribution in [0.15, 0.2) is 28.8 Å². The Labute approximate surface area is 186 Å². The fourth-order valence-electron chi connectivity index (χ4n) is 4.80. The predicted octanol–water partition coefficient (Wildman–Crippen LogP) is 4.50. The lowest BCUT2D eigenvalue weighted by Gasteiger charge is -2.37. The Bertz CT molecular complexity index is 884. The van der Waals surface area contributed by atoms with Crippen molar-refractivity contribution in [2.24, 2.45) is 11.8 Å². The molecule has 2 fully saturated rings. The number of aromatic nitrogens is 2. The standard InChI is InChI=1S/C25H36N4O2/c1-18-7-5-14-29(15-18)24(30)20-8-6-13-28(16-20)17-22-26-23(27-31-22)19-9-11-21(12-10-19)25(2,3)4/h9-12,18,20H,5-8,13-17H2,1-4H3. The maximum atomic E-state index is 13.0. The number of hydrogen-bond acceptors (Lipinski definition) is 5. The Morgan fingerprint density at radius 2 is 1.84 bits per heavy atom. The van der Waals surface area contributed by atoms with Crippen LogP contribution in [0.1, 0.15) is 64.8 Å². The van der Waals surface area contributed by atoms with E-state index < -0.39 is 0 Å². The molecule has 2 aromatic rings. The molecule has 0 spiro atoms. The fourth-order valence-corrected chi connectivity index (χ4v) is 4.80. The normalized spacial score (nSPS) is 23.2. The lowest BCUT2D eigenvalue weighted by molar-refractivity contribution is -0.139. The van der Waals surface area contributed by atoms with Gasteiger partial charge in [-0.3, -0.25) is 9.69 Å². The van der Waals surface area contributed by atoms with E-state index in [4.69, 9.17) is 4.52 Å². The topological polar surface area (TPSA) is 62.5 Å². The van der Waals surface area contributed by atoms with Crippen molar-refractivity contribution in [2.75, 3.05) is 26.2 Å². The second-order valence-corrected chi connectivity index (χ2v) is 10.4. The van der Waals surface area contributed by atoms with E-state index in [1.807, 2.05) is 0 Å². The van der Waals surface area contributed by atoms with Crippen LogP contribution in [0.5, 0.6) is 0 Å². The molecule has 1 aromatic heterocycles. The predicted molar refractivity (Wildman–Crippen MR) is 121 cm³/mol. The van der Waals surface area contributed by atoms with Gasteiger partial charge >= 0.3 is 0 Å².